The largest absolute Gasteiger partial charge is 0.496 e. The zero-order valence-corrected chi connectivity index (χ0v) is 19.8. The van der Waals surface area contributed by atoms with E-state index in [2.05, 4.69) is 54.6 Å². The molecule has 1 N–H and O–H groups in total. The van der Waals surface area contributed by atoms with Crippen LogP contribution in [0.4, 0.5) is 4.79 Å². The highest BCUT2D eigenvalue weighted by Gasteiger charge is 2.41. The van der Waals surface area contributed by atoms with Crippen LogP contribution in [0.5, 0.6) is 5.75 Å². The molecule has 0 spiro atoms. The Labute approximate surface area is 205 Å². The maximum absolute atomic E-state index is 13.3. The van der Waals surface area contributed by atoms with Crippen molar-refractivity contribution in [3.8, 4) is 16.9 Å². The zero-order valence-electron chi connectivity index (χ0n) is 19.8. The van der Waals surface area contributed by atoms with Crippen LogP contribution in [-0.2, 0) is 11.3 Å². The Kier molecular flexibility index (Phi) is 5.57. The van der Waals surface area contributed by atoms with E-state index in [1.165, 1.54) is 27.8 Å². The Morgan fingerprint density at radius 3 is 2.37 bits per heavy atom. The topological polar surface area (TPSA) is 59.0 Å². The van der Waals surface area contributed by atoms with Crippen molar-refractivity contribution < 1.29 is 19.4 Å². The van der Waals surface area contributed by atoms with Gasteiger partial charge in [-0.1, -0.05) is 60.7 Å². The second-order valence-corrected chi connectivity index (χ2v) is 9.59. The van der Waals surface area contributed by atoms with E-state index in [9.17, 15) is 9.90 Å². The van der Waals surface area contributed by atoms with Gasteiger partial charge in [-0.2, -0.15) is 0 Å². The molecule has 2 aliphatic heterocycles. The van der Waals surface area contributed by atoms with Gasteiger partial charge in [0.15, 0.2) is 0 Å². The monoisotopic (exact) mass is 467 g/mol. The quantitative estimate of drug-likeness (QED) is 0.519. The number of hydrogen-bond acceptors (Lipinski definition) is 4. The minimum atomic E-state index is -0.222. The van der Waals surface area contributed by atoms with Gasteiger partial charge in [0.2, 0.25) is 0 Å². The Hall–Kier alpha value is -3.57. The molecule has 0 aromatic heterocycles. The van der Waals surface area contributed by atoms with E-state index in [0.717, 1.165) is 30.4 Å². The Morgan fingerprint density at radius 1 is 1.00 bits per heavy atom. The van der Waals surface area contributed by atoms with Crippen molar-refractivity contribution in [3.63, 3.8) is 0 Å². The predicted molar refractivity (Wildman–Crippen MR) is 135 cm³/mol. The normalized spacial score (nSPS) is 20.3. The maximum Gasteiger partial charge on any atom is 0.410 e. The molecule has 1 amide bonds. The number of benzene rings is 3. The Morgan fingerprint density at radius 2 is 1.71 bits per heavy atom. The number of fused-ring (bicyclic) bond motifs is 5. The fraction of sp³-hybridized carbons (Fsp3) is 0.300. The van der Waals surface area contributed by atoms with Crippen molar-refractivity contribution in [2.45, 2.75) is 43.9 Å². The molecule has 178 valence electrons. The molecule has 1 aliphatic carbocycles. The van der Waals surface area contributed by atoms with Gasteiger partial charge in [-0.05, 0) is 64.8 Å². The first-order valence-electron chi connectivity index (χ1n) is 12.3. The molecule has 5 nitrogen and oxygen atoms in total. The molecule has 2 atom stereocenters. The number of hydrogen-bond donors (Lipinski definition) is 1. The van der Waals surface area contributed by atoms with E-state index < -0.39 is 0 Å². The molecule has 6 rings (SSSR count). The second-order valence-electron chi connectivity index (χ2n) is 9.59. The number of carbonyl (C=O) groups excluding carboxylic acids is 1. The number of aliphatic hydroxyl groups excluding tert-OH is 1. The van der Waals surface area contributed by atoms with Crippen LogP contribution in [0.15, 0.2) is 72.8 Å². The fourth-order valence-corrected chi connectivity index (χ4v) is 6.10. The summed E-state index contributed by atoms with van der Waals surface area (Å²) < 4.78 is 11.3. The van der Waals surface area contributed by atoms with Gasteiger partial charge in [-0.3, -0.25) is 4.90 Å². The summed E-state index contributed by atoms with van der Waals surface area (Å²) in [7, 11) is 1.61. The van der Waals surface area contributed by atoms with Gasteiger partial charge in [0, 0.05) is 17.5 Å². The van der Waals surface area contributed by atoms with E-state index in [1.807, 2.05) is 23.1 Å². The molecule has 1 fully saturated rings. The van der Waals surface area contributed by atoms with Crippen molar-refractivity contribution >= 4 is 11.7 Å². The maximum atomic E-state index is 13.3. The number of ether oxygens (including phenoxy) is 2. The van der Waals surface area contributed by atoms with Crippen LogP contribution >= 0.6 is 0 Å². The summed E-state index contributed by atoms with van der Waals surface area (Å²) in [5, 5.41) is 9.71. The highest BCUT2D eigenvalue weighted by atomic mass is 16.6. The van der Waals surface area contributed by atoms with Crippen molar-refractivity contribution in [2.75, 3.05) is 13.7 Å². The van der Waals surface area contributed by atoms with Crippen LogP contribution < -0.4 is 4.74 Å². The third-order valence-corrected chi connectivity index (χ3v) is 7.76. The lowest BCUT2D eigenvalue weighted by atomic mass is 9.93. The van der Waals surface area contributed by atoms with Crippen LogP contribution in [0.3, 0.4) is 0 Å². The molecule has 0 radical (unpaired) electrons. The van der Waals surface area contributed by atoms with E-state index >= 15 is 0 Å². The summed E-state index contributed by atoms with van der Waals surface area (Å²) in [6, 6.07) is 22.9. The molecule has 1 saturated heterocycles. The first kappa shape index (κ1) is 21.9. The molecule has 0 saturated carbocycles. The van der Waals surface area contributed by atoms with E-state index in [-0.39, 0.29) is 30.7 Å². The van der Waals surface area contributed by atoms with Crippen molar-refractivity contribution in [1.29, 1.82) is 0 Å². The number of aliphatic hydroxyl groups is 1. The average molecular weight is 468 g/mol. The van der Waals surface area contributed by atoms with E-state index in [4.69, 9.17) is 9.47 Å². The lowest BCUT2D eigenvalue weighted by Crippen LogP contribution is -2.43. The van der Waals surface area contributed by atoms with Crippen LogP contribution in [0, 0.1) is 0 Å². The van der Waals surface area contributed by atoms with Crippen LogP contribution in [0.25, 0.3) is 16.7 Å². The third-order valence-electron chi connectivity index (χ3n) is 7.76. The summed E-state index contributed by atoms with van der Waals surface area (Å²) in [4.78, 5) is 15.2. The molecule has 3 aromatic carbocycles. The molecule has 2 bridgehead atoms. The van der Waals surface area contributed by atoms with Gasteiger partial charge in [-0.15, -0.1) is 0 Å². The van der Waals surface area contributed by atoms with Gasteiger partial charge in [-0.25, -0.2) is 4.79 Å². The van der Waals surface area contributed by atoms with Crippen molar-refractivity contribution in [3.05, 3.63) is 95.1 Å². The first-order chi connectivity index (χ1) is 17.2. The molecule has 3 aromatic rings. The number of nitrogens with zero attached hydrogens (tertiary/aromatic N) is 1. The number of amides is 1. The lowest BCUT2D eigenvalue weighted by Gasteiger charge is -2.33. The number of rotatable bonds is 5. The van der Waals surface area contributed by atoms with Gasteiger partial charge in [0.05, 0.1) is 19.8 Å². The van der Waals surface area contributed by atoms with Crippen LogP contribution in [0.1, 0.15) is 47.4 Å². The van der Waals surface area contributed by atoms with Gasteiger partial charge in [0.1, 0.15) is 12.4 Å². The number of carbonyl (C=O) groups is 1. The highest BCUT2D eigenvalue weighted by Crippen LogP contribution is 2.45. The molecule has 35 heavy (non-hydrogen) atoms. The standard InChI is InChI=1S/C30H29NO4/c1-34-29-13-10-19(14-21(29)17-32)20-15-22-11-12-23(16-20)31(22)30(33)35-18-28-26-8-4-2-6-24(26)25-7-3-5-9-27(25)28/h2-10,13-15,22-23,28,32H,11-12,16-18H2,1H3. The molecule has 3 aliphatic rings. The van der Waals surface area contributed by atoms with Crippen molar-refractivity contribution in [2.24, 2.45) is 0 Å². The second kappa shape index (κ2) is 8.90. The summed E-state index contributed by atoms with van der Waals surface area (Å²) >= 11 is 0. The Balaban J connectivity index is 1.19. The van der Waals surface area contributed by atoms with Crippen LogP contribution in [0.2, 0.25) is 0 Å². The highest BCUT2D eigenvalue weighted by molar-refractivity contribution is 5.79. The zero-order chi connectivity index (χ0) is 23.9. The minimum Gasteiger partial charge on any atom is -0.496 e. The van der Waals surface area contributed by atoms with E-state index in [0.29, 0.717) is 12.4 Å². The smallest absolute Gasteiger partial charge is 0.410 e. The van der Waals surface area contributed by atoms with Gasteiger partial charge < -0.3 is 14.6 Å². The number of methoxy groups -OCH3 is 1. The van der Waals surface area contributed by atoms with E-state index in [1.54, 1.807) is 7.11 Å². The average Bonchev–Trinajstić information content (AvgIpc) is 3.37. The molecule has 2 heterocycles. The summed E-state index contributed by atoms with van der Waals surface area (Å²) in [6.07, 6.45) is 4.69. The Bertz CT molecular complexity index is 1270. The van der Waals surface area contributed by atoms with Crippen molar-refractivity contribution in [1.82, 2.24) is 4.90 Å². The van der Waals surface area contributed by atoms with Gasteiger partial charge in [0.25, 0.3) is 0 Å². The predicted octanol–water partition coefficient (Wildman–Crippen LogP) is 5.76. The third kappa shape index (κ3) is 3.71. The van der Waals surface area contributed by atoms with Crippen LogP contribution in [-0.4, -0.2) is 41.9 Å². The molecular formula is C30H29NO4. The summed E-state index contributed by atoms with van der Waals surface area (Å²) in [5.74, 6) is 0.756. The molecule has 2 unspecified atom stereocenters. The minimum absolute atomic E-state index is 0.0408. The SMILES string of the molecule is COc1ccc(C2=CC3CCC(C2)N3C(=O)OCC2c3ccccc3-c3ccccc32)cc1CO. The lowest BCUT2D eigenvalue weighted by molar-refractivity contribution is 0.0866. The molecule has 5 heteroatoms. The summed E-state index contributed by atoms with van der Waals surface area (Å²) in [6.45, 7) is 0.279. The first-order valence-corrected chi connectivity index (χ1v) is 12.3. The molecular weight excluding hydrogens is 438 g/mol. The summed E-state index contributed by atoms with van der Waals surface area (Å²) in [5.41, 5.74) is 8.00. The fourth-order valence-electron chi connectivity index (χ4n) is 6.10. The van der Waals surface area contributed by atoms with Gasteiger partial charge >= 0.3 is 6.09 Å².